The van der Waals surface area contributed by atoms with Gasteiger partial charge in [0.15, 0.2) is 6.04 Å². The van der Waals surface area contributed by atoms with E-state index in [9.17, 15) is 9.59 Å². The number of aliphatic hydroxyl groups is 1. The van der Waals surface area contributed by atoms with Gasteiger partial charge in [0, 0.05) is 10.0 Å². The average Bonchev–Trinajstić information content (AvgIpc) is 2.34. The summed E-state index contributed by atoms with van der Waals surface area (Å²) in [5.74, 6) is -1.13. The first kappa shape index (κ1) is 13.7. The predicted molar refractivity (Wildman–Crippen MR) is 64.5 cm³/mol. The van der Waals surface area contributed by atoms with Gasteiger partial charge in [-0.25, -0.2) is 4.79 Å². The molecule has 0 saturated carbocycles. The highest BCUT2D eigenvalue weighted by Gasteiger charge is 2.20. The van der Waals surface area contributed by atoms with Gasteiger partial charge in [0.2, 0.25) is 0 Å². The highest BCUT2D eigenvalue weighted by Crippen LogP contribution is 2.11. The predicted octanol–water partition coefficient (Wildman–Crippen LogP) is 0.713. The van der Waals surface area contributed by atoms with E-state index in [1.165, 1.54) is 7.11 Å². The third-order valence-electron chi connectivity index (χ3n) is 2.06. The Hall–Kier alpha value is -1.40. The molecule has 0 aliphatic heterocycles. The van der Waals surface area contributed by atoms with Crippen molar-refractivity contribution in [2.75, 3.05) is 13.7 Å². The monoisotopic (exact) mass is 301 g/mol. The maximum Gasteiger partial charge on any atom is 0.330 e. The number of carbonyl (C=O) groups is 2. The Bertz CT molecular complexity index is 422. The molecule has 0 aromatic heterocycles. The number of nitrogens with one attached hydrogen (secondary N) is 1. The number of aliphatic hydroxyl groups excluding tert-OH is 1. The molecule has 0 fully saturated rings. The van der Waals surface area contributed by atoms with Crippen LogP contribution >= 0.6 is 15.9 Å². The van der Waals surface area contributed by atoms with Crippen LogP contribution < -0.4 is 5.32 Å². The zero-order valence-electron chi connectivity index (χ0n) is 9.14. The molecule has 17 heavy (non-hydrogen) atoms. The SMILES string of the molecule is COC(=O)[C@H](CO)NC(=O)c1cccc(Br)c1. The Labute approximate surface area is 107 Å². The Morgan fingerprint density at radius 2 is 2.24 bits per heavy atom. The Morgan fingerprint density at radius 1 is 1.53 bits per heavy atom. The van der Waals surface area contributed by atoms with Gasteiger partial charge >= 0.3 is 5.97 Å². The molecule has 1 aromatic carbocycles. The molecule has 5 nitrogen and oxygen atoms in total. The van der Waals surface area contributed by atoms with Crippen LogP contribution in [0.15, 0.2) is 28.7 Å². The summed E-state index contributed by atoms with van der Waals surface area (Å²) in [7, 11) is 1.19. The molecule has 0 unspecified atom stereocenters. The molecule has 0 spiro atoms. The van der Waals surface area contributed by atoms with Crippen LogP contribution in [0.5, 0.6) is 0 Å². The van der Waals surface area contributed by atoms with Crippen molar-refractivity contribution in [1.29, 1.82) is 0 Å². The van der Waals surface area contributed by atoms with Crippen molar-refractivity contribution in [3.63, 3.8) is 0 Å². The molecule has 1 rings (SSSR count). The number of amides is 1. The second-order valence-electron chi connectivity index (χ2n) is 3.24. The van der Waals surface area contributed by atoms with E-state index in [-0.39, 0.29) is 0 Å². The number of ether oxygens (including phenoxy) is 1. The molecule has 0 bridgehead atoms. The van der Waals surface area contributed by atoms with E-state index in [0.29, 0.717) is 5.56 Å². The van der Waals surface area contributed by atoms with Gasteiger partial charge in [-0.2, -0.15) is 0 Å². The number of benzene rings is 1. The quantitative estimate of drug-likeness (QED) is 0.803. The Balaban J connectivity index is 2.74. The fourth-order valence-corrected chi connectivity index (χ4v) is 1.59. The lowest BCUT2D eigenvalue weighted by atomic mass is 10.2. The van der Waals surface area contributed by atoms with Crippen molar-refractivity contribution in [3.05, 3.63) is 34.3 Å². The second kappa shape index (κ2) is 6.36. The van der Waals surface area contributed by atoms with E-state index in [1.54, 1.807) is 24.3 Å². The lowest BCUT2D eigenvalue weighted by molar-refractivity contribution is -0.143. The van der Waals surface area contributed by atoms with Crippen LogP contribution in [0.3, 0.4) is 0 Å². The lowest BCUT2D eigenvalue weighted by Crippen LogP contribution is -2.44. The maximum atomic E-state index is 11.7. The molecule has 0 saturated heterocycles. The summed E-state index contributed by atoms with van der Waals surface area (Å²) in [6.45, 7) is -0.508. The maximum absolute atomic E-state index is 11.7. The van der Waals surface area contributed by atoms with Crippen molar-refractivity contribution in [3.8, 4) is 0 Å². The van der Waals surface area contributed by atoms with Gasteiger partial charge in [0.1, 0.15) is 0 Å². The van der Waals surface area contributed by atoms with E-state index < -0.39 is 24.5 Å². The molecule has 0 aliphatic rings. The summed E-state index contributed by atoms with van der Waals surface area (Å²) in [5, 5.41) is 11.3. The molecule has 1 atom stereocenters. The molecule has 0 radical (unpaired) electrons. The minimum Gasteiger partial charge on any atom is -0.467 e. The van der Waals surface area contributed by atoms with Crippen LogP contribution in [0.4, 0.5) is 0 Å². The Kier molecular flexibility index (Phi) is 5.11. The smallest absolute Gasteiger partial charge is 0.330 e. The average molecular weight is 302 g/mol. The van der Waals surface area contributed by atoms with Crippen LogP contribution in [0.2, 0.25) is 0 Å². The molecule has 6 heteroatoms. The summed E-state index contributed by atoms with van der Waals surface area (Å²) >= 11 is 3.24. The Morgan fingerprint density at radius 3 is 2.76 bits per heavy atom. The standard InChI is InChI=1S/C11H12BrNO4/c1-17-11(16)9(6-14)13-10(15)7-3-2-4-8(12)5-7/h2-5,9,14H,6H2,1H3,(H,13,15)/t9-/m0/s1. The van der Waals surface area contributed by atoms with Crippen molar-refractivity contribution in [1.82, 2.24) is 5.32 Å². The zero-order chi connectivity index (χ0) is 12.8. The van der Waals surface area contributed by atoms with E-state index in [4.69, 9.17) is 5.11 Å². The van der Waals surface area contributed by atoms with Crippen LogP contribution in [0.1, 0.15) is 10.4 Å². The minimum atomic E-state index is -1.05. The molecular weight excluding hydrogens is 290 g/mol. The summed E-state index contributed by atoms with van der Waals surface area (Å²) in [6, 6.07) is 5.64. The minimum absolute atomic E-state index is 0.390. The molecule has 92 valence electrons. The van der Waals surface area contributed by atoms with Crippen LogP contribution in [0.25, 0.3) is 0 Å². The third kappa shape index (κ3) is 3.83. The number of carbonyl (C=O) groups excluding carboxylic acids is 2. The normalized spacial score (nSPS) is 11.7. The molecule has 0 aliphatic carbocycles. The summed E-state index contributed by atoms with van der Waals surface area (Å²) in [5.41, 5.74) is 0.390. The third-order valence-corrected chi connectivity index (χ3v) is 2.55. The summed E-state index contributed by atoms with van der Waals surface area (Å²) in [4.78, 5) is 22.9. The topological polar surface area (TPSA) is 75.6 Å². The lowest BCUT2D eigenvalue weighted by Gasteiger charge is -2.13. The number of halogens is 1. The van der Waals surface area contributed by atoms with Crippen molar-refractivity contribution in [2.45, 2.75) is 6.04 Å². The largest absolute Gasteiger partial charge is 0.467 e. The van der Waals surface area contributed by atoms with Gasteiger partial charge in [-0.15, -0.1) is 0 Å². The van der Waals surface area contributed by atoms with E-state index >= 15 is 0 Å². The van der Waals surface area contributed by atoms with Crippen molar-refractivity contribution < 1.29 is 19.4 Å². The first-order chi connectivity index (χ1) is 8.08. The fourth-order valence-electron chi connectivity index (χ4n) is 1.19. The first-order valence-corrected chi connectivity index (χ1v) is 5.63. The zero-order valence-corrected chi connectivity index (χ0v) is 10.7. The number of hydrogen-bond donors (Lipinski definition) is 2. The van der Waals surface area contributed by atoms with Gasteiger partial charge in [0.05, 0.1) is 13.7 Å². The van der Waals surface area contributed by atoms with Gasteiger partial charge < -0.3 is 15.2 Å². The summed E-state index contributed by atoms with van der Waals surface area (Å²) in [6.07, 6.45) is 0. The van der Waals surface area contributed by atoms with Crippen molar-refractivity contribution >= 4 is 27.8 Å². The first-order valence-electron chi connectivity index (χ1n) is 4.83. The van der Waals surface area contributed by atoms with E-state index in [2.05, 4.69) is 26.0 Å². The van der Waals surface area contributed by atoms with E-state index in [1.807, 2.05) is 0 Å². The molecule has 2 N–H and O–H groups in total. The highest BCUT2D eigenvalue weighted by molar-refractivity contribution is 9.10. The number of hydrogen-bond acceptors (Lipinski definition) is 4. The molecular formula is C11H12BrNO4. The highest BCUT2D eigenvalue weighted by atomic mass is 79.9. The van der Waals surface area contributed by atoms with Crippen LogP contribution in [-0.4, -0.2) is 36.7 Å². The van der Waals surface area contributed by atoms with Gasteiger partial charge in [-0.1, -0.05) is 22.0 Å². The second-order valence-corrected chi connectivity index (χ2v) is 4.16. The van der Waals surface area contributed by atoms with Crippen molar-refractivity contribution in [2.24, 2.45) is 0 Å². The van der Waals surface area contributed by atoms with Gasteiger partial charge in [-0.3, -0.25) is 4.79 Å². The molecule has 1 amide bonds. The molecule has 0 heterocycles. The number of rotatable bonds is 4. The van der Waals surface area contributed by atoms with Gasteiger partial charge in [-0.05, 0) is 18.2 Å². The molecule has 1 aromatic rings. The number of methoxy groups -OCH3 is 1. The van der Waals surface area contributed by atoms with Crippen LogP contribution in [0, 0.1) is 0 Å². The fraction of sp³-hybridized carbons (Fsp3) is 0.273. The van der Waals surface area contributed by atoms with E-state index in [0.717, 1.165) is 4.47 Å². The van der Waals surface area contributed by atoms with Crippen LogP contribution in [-0.2, 0) is 9.53 Å². The summed E-state index contributed by atoms with van der Waals surface area (Å²) < 4.78 is 5.19. The van der Waals surface area contributed by atoms with Gasteiger partial charge in [0.25, 0.3) is 5.91 Å². The number of esters is 1.